The fraction of sp³-hybridized carbons (Fsp3) is 0.440. The average Bonchev–Trinajstić information content (AvgIpc) is 3.06. The topological polar surface area (TPSA) is 54.6 Å². The van der Waals surface area contributed by atoms with Gasteiger partial charge in [0.15, 0.2) is 0 Å². The van der Waals surface area contributed by atoms with Crippen LogP contribution in [0.1, 0.15) is 53.7 Å². The Morgan fingerprint density at radius 3 is 2.48 bits per heavy atom. The largest absolute Gasteiger partial charge is 0.394 e. The molecule has 4 rings (SSSR count). The molecule has 0 amide bonds. The molecule has 2 aromatic carbocycles. The molecule has 1 aliphatic heterocycles. The van der Waals surface area contributed by atoms with Crippen LogP contribution in [-0.2, 0) is 17.7 Å². The monoisotopic (exact) mass is 393 g/mol. The number of hydrogen-bond donors (Lipinski definition) is 2. The smallest absolute Gasteiger partial charge is 0.0875 e. The average molecular weight is 394 g/mol. The van der Waals surface area contributed by atoms with E-state index in [0.717, 1.165) is 18.5 Å². The number of benzene rings is 2. The first-order valence-corrected chi connectivity index (χ1v) is 10.6. The Hall–Kier alpha value is -2.14. The van der Waals surface area contributed by atoms with Gasteiger partial charge in [0.25, 0.3) is 0 Å². The lowest BCUT2D eigenvalue weighted by Crippen LogP contribution is -2.33. The van der Waals surface area contributed by atoms with Crippen molar-refractivity contribution in [3.05, 3.63) is 70.4 Å². The summed E-state index contributed by atoms with van der Waals surface area (Å²) in [4.78, 5) is 0. The highest BCUT2D eigenvalue weighted by atomic mass is 16.5. The summed E-state index contributed by atoms with van der Waals surface area (Å²) in [5.74, 6) is 0. The molecule has 0 spiro atoms. The van der Waals surface area contributed by atoms with Crippen molar-refractivity contribution in [3.63, 3.8) is 0 Å². The van der Waals surface area contributed by atoms with Crippen molar-refractivity contribution >= 4 is 10.9 Å². The molecular formula is C25H31NO3. The van der Waals surface area contributed by atoms with Crippen molar-refractivity contribution in [2.24, 2.45) is 0 Å². The highest BCUT2D eigenvalue weighted by molar-refractivity contribution is 5.88. The van der Waals surface area contributed by atoms with Crippen LogP contribution in [0.2, 0.25) is 0 Å². The van der Waals surface area contributed by atoms with Gasteiger partial charge in [-0.25, -0.2) is 0 Å². The third-order valence-electron chi connectivity index (χ3n) is 6.05. The predicted molar refractivity (Wildman–Crippen MR) is 116 cm³/mol. The van der Waals surface area contributed by atoms with E-state index >= 15 is 0 Å². The van der Waals surface area contributed by atoms with Crippen molar-refractivity contribution in [2.45, 2.75) is 64.9 Å². The molecule has 0 bridgehead atoms. The predicted octanol–water partition coefficient (Wildman–Crippen LogP) is 4.44. The summed E-state index contributed by atoms with van der Waals surface area (Å²) in [5.41, 5.74) is 7.40. The zero-order chi connectivity index (χ0) is 20.5. The lowest BCUT2D eigenvalue weighted by Gasteiger charge is -2.32. The number of nitrogens with zero attached hydrogens (tertiary/aromatic N) is 1. The summed E-state index contributed by atoms with van der Waals surface area (Å²) >= 11 is 0. The molecule has 1 fully saturated rings. The van der Waals surface area contributed by atoms with E-state index in [1.54, 1.807) is 0 Å². The van der Waals surface area contributed by atoms with E-state index in [0.29, 0.717) is 12.8 Å². The van der Waals surface area contributed by atoms with Crippen LogP contribution in [0.15, 0.2) is 42.6 Å². The maximum absolute atomic E-state index is 10.3. The molecule has 2 N–H and O–H groups in total. The molecule has 2 heterocycles. The van der Waals surface area contributed by atoms with Gasteiger partial charge in [0.05, 0.1) is 30.4 Å². The van der Waals surface area contributed by atoms with Crippen LogP contribution in [0.25, 0.3) is 10.9 Å². The number of aromatic nitrogens is 1. The van der Waals surface area contributed by atoms with Crippen molar-refractivity contribution < 1.29 is 14.9 Å². The first-order chi connectivity index (χ1) is 14.0. The molecule has 1 aliphatic rings. The summed E-state index contributed by atoms with van der Waals surface area (Å²) in [6, 6.07) is 13.2. The molecule has 3 aromatic rings. The molecular weight excluding hydrogens is 362 g/mol. The van der Waals surface area contributed by atoms with Crippen molar-refractivity contribution in [2.75, 3.05) is 6.61 Å². The minimum atomic E-state index is -0.447. The quantitative estimate of drug-likeness (QED) is 0.674. The third-order valence-corrected chi connectivity index (χ3v) is 6.05. The zero-order valence-electron chi connectivity index (χ0n) is 17.6. The van der Waals surface area contributed by atoms with Crippen LogP contribution in [0.4, 0.5) is 0 Å². The van der Waals surface area contributed by atoms with Crippen molar-refractivity contribution in [1.29, 1.82) is 0 Å². The molecule has 0 aliphatic carbocycles. The number of aryl methyl sites for hydroxylation is 3. The van der Waals surface area contributed by atoms with E-state index < -0.39 is 6.10 Å². The number of ether oxygens (including phenoxy) is 1. The molecule has 0 saturated carbocycles. The van der Waals surface area contributed by atoms with E-state index in [-0.39, 0.29) is 18.8 Å². The van der Waals surface area contributed by atoms with E-state index in [1.165, 1.54) is 33.2 Å². The minimum Gasteiger partial charge on any atom is -0.394 e. The lowest BCUT2D eigenvalue weighted by molar-refractivity contribution is -0.113. The van der Waals surface area contributed by atoms with Gasteiger partial charge < -0.3 is 19.5 Å². The van der Waals surface area contributed by atoms with Crippen molar-refractivity contribution in [3.8, 4) is 0 Å². The van der Waals surface area contributed by atoms with Gasteiger partial charge >= 0.3 is 0 Å². The number of rotatable bonds is 5. The van der Waals surface area contributed by atoms with Gasteiger partial charge in [0.2, 0.25) is 0 Å². The standard InChI is InChI=1S/C25H31NO3/c1-4-18-5-7-19(8-6-18)13-26-14-23(22-10-16(2)9-17(3)25(22)26)24-12-20(28)11-21(15-27)29-24/h5-10,14,20-21,24,27-28H,4,11-13,15H2,1-3H3/t20-,21-,24+/m0/s1. The van der Waals surface area contributed by atoms with Gasteiger partial charge in [-0.3, -0.25) is 0 Å². The number of aliphatic hydroxyl groups excluding tert-OH is 2. The second-order valence-electron chi connectivity index (χ2n) is 8.41. The van der Waals surface area contributed by atoms with Crippen LogP contribution in [0.3, 0.4) is 0 Å². The van der Waals surface area contributed by atoms with Gasteiger partial charge in [-0.1, -0.05) is 42.8 Å². The molecule has 0 unspecified atom stereocenters. The number of aliphatic hydroxyl groups is 2. The van der Waals surface area contributed by atoms with E-state index in [4.69, 9.17) is 4.74 Å². The fourth-order valence-electron chi connectivity index (χ4n) is 4.63. The zero-order valence-corrected chi connectivity index (χ0v) is 17.6. The molecule has 1 aromatic heterocycles. The van der Waals surface area contributed by atoms with Crippen LogP contribution in [-0.4, -0.2) is 33.6 Å². The van der Waals surface area contributed by atoms with E-state index in [1.807, 2.05) is 0 Å². The van der Waals surface area contributed by atoms with Gasteiger partial charge in [-0.2, -0.15) is 0 Å². The molecule has 29 heavy (non-hydrogen) atoms. The molecule has 4 nitrogen and oxygen atoms in total. The maximum Gasteiger partial charge on any atom is 0.0875 e. The second-order valence-corrected chi connectivity index (χ2v) is 8.41. The molecule has 154 valence electrons. The maximum atomic E-state index is 10.3. The van der Waals surface area contributed by atoms with Gasteiger partial charge in [-0.05, 0) is 43.0 Å². The Kier molecular flexibility index (Phi) is 5.77. The SMILES string of the molecule is CCc1ccc(Cn2cc([C@H]3C[C@@H](O)C[C@@H](CO)O3)c3cc(C)cc(C)c32)cc1. The lowest BCUT2D eigenvalue weighted by atomic mass is 9.95. The highest BCUT2D eigenvalue weighted by Gasteiger charge is 2.31. The Morgan fingerprint density at radius 2 is 1.79 bits per heavy atom. The molecule has 0 radical (unpaired) electrons. The van der Waals surface area contributed by atoms with E-state index in [2.05, 4.69) is 67.9 Å². The number of hydrogen-bond acceptors (Lipinski definition) is 3. The molecule has 4 heteroatoms. The van der Waals surface area contributed by atoms with Gasteiger partial charge in [0.1, 0.15) is 0 Å². The summed E-state index contributed by atoms with van der Waals surface area (Å²) < 4.78 is 8.45. The summed E-state index contributed by atoms with van der Waals surface area (Å²) in [7, 11) is 0. The normalized spacial score (nSPS) is 22.3. The second kappa shape index (κ2) is 8.31. The van der Waals surface area contributed by atoms with Crippen LogP contribution >= 0.6 is 0 Å². The Morgan fingerprint density at radius 1 is 1.07 bits per heavy atom. The highest BCUT2D eigenvalue weighted by Crippen LogP contribution is 2.38. The Bertz CT molecular complexity index is 989. The van der Waals surface area contributed by atoms with Gasteiger partial charge in [-0.15, -0.1) is 0 Å². The molecule has 1 saturated heterocycles. The minimum absolute atomic E-state index is 0.0615. The van der Waals surface area contributed by atoms with E-state index in [9.17, 15) is 10.2 Å². The third kappa shape index (κ3) is 4.11. The Balaban J connectivity index is 1.76. The first-order valence-electron chi connectivity index (χ1n) is 10.6. The van der Waals surface area contributed by atoms with Crippen LogP contribution in [0, 0.1) is 13.8 Å². The summed E-state index contributed by atoms with van der Waals surface area (Å²) in [5, 5.41) is 21.1. The van der Waals surface area contributed by atoms with Gasteiger partial charge in [0, 0.05) is 36.5 Å². The molecule has 3 atom stereocenters. The number of fused-ring (bicyclic) bond motifs is 1. The van der Waals surface area contributed by atoms with Crippen LogP contribution in [0.5, 0.6) is 0 Å². The first kappa shape index (κ1) is 20.1. The Labute approximate surface area is 172 Å². The summed E-state index contributed by atoms with van der Waals surface area (Å²) in [6.45, 7) is 7.18. The van der Waals surface area contributed by atoms with Crippen LogP contribution < -0.4 is 0 Å². The fourth-order valence-corrected chi connectivity index (χ4v) is 4.63. The summed E-state index contributed by atoms with van der Waals surface area (Å²) in [6.07, 6.45) is 3.32. The van der Waals surface area contributed by atoms with Crippen molar-refractivity contribution in [1.82, 2.24) is 4.57 Å².